The van der Waals surface area contributed by atoms with E-state index in [1.807, 2.05) is 6.07 Å². The molecule has 1 aliphatic carbocycles. The Hall–Kier alpha value is -4.35. The number of carbonyl (C=O) groups excluding carboxylic acids is 2. The Labute approximate surface area is 238 Å². The topological polar surface area (TPSA) is 127 Å². The molecule has 1 aliphatic rings. The fourth-order valence-electron chi connectivity index (χ4n) is 4.45. The number of benzene rings is 2. The number of thiophene rings is 1. The highest BCUT2D eigenvalue weighted by atomic mass is 32.2. The van der Waals surface area contributed by atoms with Gasteiger partial charge in [0.2, 0.25) is 5.91 Å². The number of rotatable bonds is 8. The number of aryl methyl sites for hydroxylation is 1. The molecule has 0 bridgehead atoms. The van der Waals surface area contributed by atoms with Gasteiger partial charge in [-0.3, -0.25) is 24.7 Å². The molecule has 0 spiro atoms. The summed E-state index contributed by atoms with van der Waals surface area (Å²) < 4.78 is 0. The van der Waals surface area contributed by atoms with Crippen molar-refractivity contribution in [1.82, 2.24) is 4.98 Å². The zero-order valence-electron chi connectivity index (χ0n) is 21.5. The molecule has 0 unspecified atom stereocenters. The monoisotopic (exact) mass is 571 g/mol. The van der Waals surface area contributed by atoms with Gasteiger partial charge in [0, 0.05) is 35.2 Å². The molecule has 2 aromatic heterocycles. The summed E-state index contributed by atoms with van der Waals surface area (Å²) in [6.45, 7) is 1.41. The van der Waals surface area contributed by atoms with Gasteiger partial charge in [-0.2, -0.15) is 0 Å². The molecule has 2 N–H and O–H groups in total. The highest BCUT2D eigenvalue weighted by Crippen LogP contribution is 2.41. The molecule has 0 atom stereocenters. The van der Waals surface area contributed by atoms with Crippen molar-refractivity contribution in [2.75, 3.05) is 10.6 Å². The number of nitro benzene ring substituents is 1. The molecule has 0 fully saturated rings. The van der Waals surface area contributed by atoms with E-state index in [-0.39, 0.29) is 17.5 Å². The van der Waals surface area contributed by atoms with Crippen molar-refractivity contribution in [2.24, 2.45) is 4.99 Å². The van der Waals surface area contributed by atoms with Crippen LogP contribution in [0.3, 0.4) is 0 Å². The van der Waals surface area contributed by atoms with Gasteiger partial charge in [0.25, 0.3) is 11.6 Å². The first-order valence-corrected chi connectivity index (χ1v) is 14.2. The van der Waals surface area contributed by atoms with Gasteiger partial charge in [0.15, 0.2) is 0 Å². The molecule has 9 nitrogen and oxygen atoms in total. The van der Waals surface area contributed by atoms with Gasteiger partial charge in [-0.1, -0.05) is 30.0 Å². The van der Waals surface area contributed by atoms with Crippen LogP contribution in [0.5, 0.6) is 0 Å². The fourth-order valence-corrected chi connectivity index (χ4v) is 6.67. The van der Waals surface area contributed by atoms with Crippen LogP contribution in [-0.2, 0) is 17.6 Å². The molecule has 4 aromatic rings. The molecule has 2 amide bonds. The van der Waals surface area contributed by atoms with Crippen molar-refractivity contribution in [3.63, 3.8) is 0 Å². The minimum Gasteiger partial charge on any atom is -0.325 e. The summed E-state index contributed by atoms with van der Waals surface area (Å²) in [7, 11) is 0. The normalized spacial score (nSPS) is 12.6. The van der Waals surface area contributed by atoms with Crippen LogP contribution in [0.4, 0.5) is 22.1 Å². The minimum absolute atomic E-state index is 0.0772. The smallest absolute Gasteiger partial charge is 0.283 e. The third kappa shape index (κ3) is 6.27. The van der Waals surface area contributed by atoms with Crippen LogP contribution in [0.2, 0.25) is 0 Å². The maximum absolute atomic E-state index is 13.3. The van der Waals surface area contributed by atoms with E-state index in [1.165, 1.54) is 36.1 Å². The molecule has 0 saturated heterocycles. The average molecular weight is 572 g/mol. The van der Waals surface area contributed by atoms with E-state index in [9.17, 15) is 19.7 Å². The number of anilines is 2. The van der Waals surface area contributed by atoms with Crippen molar-refractivity contribution in [3.05, 3.63) is 98.7 Å². The van der Waals surface area contributed by atoms with E-state index in [1.54, 1.807) is 61.1 Å². The van der Waals surface area contributed by atoms with E-state index >= 15 is 0 Å². The Morgan fingerprint density at radius 2 is 1.90 bits per heavy atom. The Balaban J connectivity index is 1.44. The number of para-hydroxylation sites is 1. The second-order valence-corrected chi connectivity index (χ2v) is 11.3. The van der Waals surface area contributed by atoms with Gasteiger partial charge in [-0.25, -0.2) is 4.99 Å². The van der Waals surface area contributed by atoms with Crippen molar-refractivity contribution in [3.8, 4) is 0 Å². The van der Waals surface area contributed by atoms with Crippen LogP contribution in [0.1, 0.15) is 46.1 Å². The quantitative estimate of drug-likeness (QED) is 0.133. The second kappa shape index (κ2) is 12.2. The minimum atomic E-state index is -0.433. The Morgan fingerprint density at radius 1 is 1.07 bits per heavy atom. The summed E-state index contributed by atoms with van der Waals surface area (Å²) >= 11 is 2.70. The van der Waals surface area contributed by atoms with Crippen molar-refractivity contribution in [2.45, 2.75) is 42.4 Å². The second-order valence-electron chi connectivity index (χ2n) is 9.11. The summed E-state index contributed by atoms with van der Waals surface area (Å²) in [6, 6.07) is 15.6. The number of amides is 2. The lowest BCUT2D eigenvalue weighted by molar-refractivity contribution is -0.387. The molecule has 202 valence electrons. The van der Waals surface area contributed by atoms with Gasteiger partial charge < -0.3 is 10.6 Å². The van der Waals surface area contributed by atoms with Gasteiger partial charge in [-0.05, 0) is 67.1 Å². The summed E-state index contributed by atoms with van der Waals surface area (Å²) in [4.78, 5) is 47.4. The molecular weight excluding hydrogens is 546 g/mol. The van der Waals surface area contributed by atoms with Gasteiger partial charge in [0.1, 0.15) is 5.00 Å². The number of carbonyl (C=O) groups is 2. The fraction of sp³-hybridized carbons (Fsp3) is 0.172. The van der Waals surface area contributed by atoms with Crippen molar-refractivity contribution >= 4 is 63.2 Å². The highest BCUT2D eigenvalue weighted by Gasteiger charge is 2.25. The average Bonchev–Trinajstić information content (AvgIpc) is 3.32. The molecule has 40 heavy (non-hydrogen) atoms. The number of pyridine rings is 1. The zero-order chi connectivity index (χ0) is 28.1. The number of aliphatic imine (C=N–C) groups is 1. The Bertz CT molecular complexity index is 1620. The van der Waals surface area contributed by atoms with E-state index in [2.05, 4.69) is 20.6 Å². The molecule has 5 rings (SSSR count). The number of hydrogen-bond acceptors (Lipinski definition) is 8. The lowest BCUT2D eigenvalue weighted by Crippen LogP contribution is -2.14. The van der Waals surface area contributed by atoms with E-state index < -0.39 is 4.92 Å². The maximum Gasteiger partial charge on any atom is 0.283 e. The van der Waals surface area contributed by atoms with Crippen LogP contribution < -0.4 is 10.6 Å². The van der Waals surface area contributed by atoms with Gasteiger partial charge in [-0.15, -0.1) is 11.3 Å². The lowest BCUT2D eigenvalue weighted by atomic mass is 9.95. The predicted octanol–water partition coefficient (Wildman–Crippen LogP) is 7.04. The van der Waals surface area contributed by atoms with Crippen molar-refractivity contribution < 1.29 is 14.5 Å². The molecule has 0 radical (unpaired) electrons. The van der Waals surface area contributed by atoms with Crippen LogP contribution in [0.15, 0.2) is 81.8 Å². The van der Waals surface area contributed by atoms with Crippen LogP contribution in [0, 0.1) is 10.1 Å². The molecule has 11 heteroatoms. The summed E-state index contributed by atoms with van der Waals surface area (Å²) in [5, 5.41) is 18.2. The van der Waals surface area contributed by atoms with E-state index in [0.717, 1.165) is 36.1 Å². The first-order chi connectivity index (χ1) is 19.4. The molecule has 0 aliphatic heterocycles. The highest BCUT2D eigenvalue weighted by molar-refractivity contribution is 7.99. The van der Waals surface area contributed by atoms with Gasteiger partial charge >= 0.3 is 0 Å². The van der Waals surface area contributed by atoms with Crippen LogP contribution in [0.25, 0.3) is 0 Å². The number of fused-ring (bicyclic) bond motifs is 1. The number of nitrogens with one attached hydrogen (secondary N) is 2. The number of nitro groups is 1. The largest absolute Gasteiger partial charge is 0.325 e. The first kappa shape index (κ1) is 27.2. The van der Waals surface area contributed by atoms with Crippen LogP contribution >= 0.6 is 23.1 Å². The standard InChI is InChI=1S/C29H25N5O4S2/c1-18(35)32-22-9-3-5-11-25(22)39-26-13-12-19(15-23(26)34(37)38)16-31-29-27(21-8-2-4-10-24(21)40-29)28(36)33-20-7-6-14-30-17-20/h3,5-7,9,11-17H,2,4,8,10H2,1H3,(H,32,35)(H,33,36). The summed E-state index contributed by atoms with van der Waals surface area (Å²) in [6.07, 6.45) is 8.59. The van der Waals surface area contributed by atoms with E-state index in [4.69, 9.17) is 0 Å². The Morgan fingerprint density at radius 3 is 2.67 bits per heavy atom. The molecule has 2 aromatic carbocycles. The number of hydrogen-bond donors (Lipinski definition) is 2. The number of aromatic nitrogens is 1. The van der Waals surface area contributed by atoms with Gasteiger partial charge in [0.05, 0.1) is 33.0 Å². The lowest BCUT2D eigenvalue weighted by Gasteiger charge is -2.12. The van der Waals surface area contributed by atoms with Crippen molar-refractivity contribution in [1.29, 1.82) is 0 Å². The molecular formula is C29H25N5O4S2. The van der Waals surface area contributed by atoms with Crippen LogP contribution in [-0.4, -0.2) is 27.9 Å². The first-order valence-electron chi connectivity index (χ1n) is 12.6. The number of nitrogens with zero attached hydrogens (tertiary/aromatic N) is 3. The maximum atomic E-state index is 13.3. The summed E-state index contributed by atoms with van der Waals surface area (Å²) in [5.74, 6) is -0.465. The summed E-state index contributed by atoms with van der Waals surface area (Å²) in [5.41, 5.74) is 3.22. The zero-order valence-corrected chi connectivity index (χ0v) is 23.2. The predicted molar refractivity (Wildman–Crippen MR) is 158 cm³/mol. The molecule has 2 heterocycles. The third-order valence-corrected chi connectivity index (χ3v) is 8.57. The SMILES string of the molecule is CC(=O)Nc1ccccc1Sc1ccc(C=Nc2sc3c(c2C(=O)Nc2cccnc2)CCCC3)cc1[N+](=O)[O-]. The molecule has 0 saturated carbocycles. The van der Waals surface area contributed by atoms with E-state index in [0.29, 0.717) is 37.3 Å². The Kier molecular flexibility index (Phi) is 8.32. The third-order valence-electron chi connectivity index (χ3n) is 6.23.